The van der Waals surface area contributed by atoms with Crippen molar-refractivity contribution in [3.8, 4) is 0 Å². The van der Waals surface area contributed by atoms with Crippen molar-refractivity contribution in [2.45, 2.75) is 50.5 Å². The molecular formula is C17H30N2. The Hall–Kier alpha value is -0.0800. The lowest BCUT2D eigenvalue weighted by Crippen LogP contribution is -2.63. The molecule has 4 aliphatic carbocycles. The number of piperidine rings is 1. The van der Waals surface area contributed by atoms with Crippen molar-refractivity contribution in [1.29, 1.82) is 0 Å². The van der Waals surface area contributed by atoms with Gasteiger partial charge in [-0.1, -0.05) is 0 Å². The summed E-state index contributed by atoms with van der Waals surface area (Å²) in [6.45, 7) is 2.47. The molecule has 1 aliphatic heterocycles. The van der Waals surface area contributed by atoms with Gasteiger partial charge in [0, 0.05) is 5.54 Å². The van der Waals surface area contributed by atoms with Crippen molar-refractivity contribution in [1.82, 2.24) is 10.2 Å². The van der Waals surface area contributed by atoms with Crippen LogP contribution in [0.1, 0.15) is 44.9 Å². The summed E-state index contributed by atoms with van der Waals surface area (Å²) in [5, 5.41) is 3.59. The van der Waals surface area contributed by atoms with E-state index in [9.17, 15) is 0 Å². The quantitative estimate of drug-likeness (QED) is 0.823. The molecule has 5 aliphatic rings. The monoisotopic (exact) mass is 262 g/mol. The zero-order valence-electron chi connectivity index (χ0n) is 12.7. The van der Waals surface area contributed by atoms with E-state index in [-0.39, 0.29) is 0 Å². The molecule has 0 aromatic heterocycles. The lowest BCUT2D eigenvalue weighted by atomic mass is 9.47. The van der Waals surface area contributed by atoms with E-state index in [0.717, 1.165) is 29.6 Å². The van der Waals surface area contributed by atoms with Gasteiger partial charge in [-0.05, 0) is 102 Å². The fourth-order valence-corrected chi connectivity index (χ4v) is 6.74. The van der Waals surface area contributed by atoms with Gasteiger partial charge in [0.15, 0.2) is 0 Å². The summed E-state index contributed by atoms with van der Waals surface area (Å²) in [5.74, 6) is 5.37. The van der Waals surface area contributed by atoms with Crippen LogP contribution >= 0.6 is 0 Å². The Morgan fingerprint density at radius 3 is 1.84 bits per heavy atom. The van der Waals surface area contributed by atoms with Crippen molar-refractivity contribution >= 4 is 0 Å². The van der Waals surface area contributed by atoms with E-state index in [0.29, 0.717) is 5.54 Å². The second-order valence-electron chi connectivity index (χ2n) is 8.20. The minimum absolute atomic E-state index is 0.522. The molecule has 2 nitrogen and oxygen atoms in total. The van der Waals surface area contributed by atoms with E-state index >= 15 is 0 Å². The van der Waals surface area contributed by atoms with E-state index in [1.807, 2.05) is 0 Å². The lowest BCUT2D eigenvalue weighted by molar-refractivity contribution is -0.114. The third-order valence-electron chi connectivity index (χ3n) is 7.21. The number of nitrogens with zero attached hydrogens (tertiary/aromatic N) is 1. The molecule has 4 saturated carbocycles. The molecule has 5 fully saturated rings. The smallest absolute Gasteiger partial charge is 0.0261 e. The lowest BCUT2D eigenvalue weighted by Gasteiger charge is -2.62. The molecule has 0 unspecified atom stereocenters. The normalized spacial score (nSPS) is 47.8. The molecule has 0 aromatic carbocycles. The van der Waals surface area contributed by atoms with Crippen LogP contribution in [0.2, 0.25) is 0 Å². The van der Waals surface area contributed by atoms with Crippen LogP contribution in [-0.2, 0) is 0 Å². The number of hydrogen-bond donors (Lipinski definition) is 1. The topological polar surface area (TPSA) is 15.3 Å². The molecule has 0 aromatic rings. The van der Waals surface area contributed by atoms with E-state index in [1.165, 1.54) is 25.9 Å². The van der Waals surface area contributed by atoms with Crippen LogP contribution in [0.25, 0.3) is 0 Å². The SMILES string of the molecule is CN(C)C1(C2C3CC4CC(C3)CC2C4)CCNCC1. The largest absolute Gasteiger partial charge is 0.317 e. The highest BCUT2D eigenvalue weighted by Crippen LogP contribution is 2.60. The highest BCUT2D eigenvalue weighted by atomic mass is 15.2. The van der Waals surface area contributed by atoms with Gasteiger partial charge in [-0.15, -0.1) is 0 Å². The van der Waals surface area contributed by atoms with Crippen LogP contribution < -0.4 is 5.32 Å². The zero-order chi connectivity index (χ0) is 13.0. The molecule has 108 valence electrons. The molecule has 0 radical (unpaired) electrons. The van der Waals surface area contributed by atoms with E-state index < -0.39 is 0 Å². The molecule has 1 saturated heterocycles. The molecule has 4 bridgehead atoms. The van der Waals surface area contributed by atoms with Crippen molar-refractivity contribution in [2.24, 2.45) is 29.6 Å². The molecule has 1 heterocycles. The molecule has 19 heavy (non-hydrogen) atoms. The van der Waals surface area contributed by atoms with Crippen molar-refractivity contribution in [2.75, 3.05) is 27.2 Å². The van der Waals surface area contributed by atoms with Gasteiger partial charge in [0.05, 0.1) is 0 Å². The molecule has 1 N–H and O–H groups in total. The highest BCUT2D eigenvalue weighted by Gasteiger charge is 2.56. The minimum Gasteiger partial charge on any atom is -0.317 e. The third kappa shape index (κ3) is 1.82. The van der Waals surface area contributed by atoms with Crippen LogP contribution in [0, 0.1) is 29.6 Å². The first-order valence-electron chi connectivity index (χ1n) is 8.57. The summed E-state index contributed by atoms with van der Waals surface area (Å²) >= 11 is 0. The van der Waals surface area contributed by atoms with Crippen LogP contribution in [-0.4, -0.2) is 37.6 Å². The fourth-order valence-electron chi connectivity index (χ4n) is 6.74. The number of hydrogen-bond acceptors (Lipinski definition) is 2. The predicted octanol–water partition coefficient (Wildman–Crippen LogP) is 2.74. The molecular weight excluding hydrogens is 232 g/mol. The maximum Gasteiger partial charge on any atom is 0.0261 e. The van der Waals surface area contributed by atoms with E-state index in [1.54, 1.807) is 32.1 Å². The third-order valence-corrected chi connectivity index (χ3v) is 7.21. The van der Waals surface area contributed by atoms with E-state index in [2.05, 4.69) is 24.3 Å². The van der Waals surface area contributed by atoms with E-state index in [4.69, 9.17) is 0 Å². The Kier molecular flexibility index (Phi) is 2.97. The van der Waals surface area contributed by atoms with Gasteiger partial charge in [0.25, 0.3) is 0 Å². The van der Waals surface area contributed by atoms with Crippen LogP contribution in [0.3, 0.4) is 0 Å². The summed E-state index contributed by atoms with van der Waals surface area (Å²) in [4.78, 5) is 2.63. The molecule has 0 amide bonds. The Morgan fingerprint density at radius 1 is 0.842 bits per heavy atom. The minimum atomic E-state index is 0.522. The van der Waals surface area contributed by atoms with Gasteiger partial charge in [0.1, 0.15) is 0 Å². The van der Waals surface area contributed by atoms with Gasteiger partial charge in [-0.3, -0.25) is 0 Å². The summed E-state index contributed by atoms with van der Waals surface area (Å²) in [6.07, 6.45) is 10.6. The van der Waals surface area contributed by atoms with Crippen molar-refractivity contribution in [3.63, 3.8) is 0 Å². The predicted molar refractivity (Wildman–Crippen MR) is 79.1 cm³/mol. The molecule has 0 spiro atoms. The fraction of sp³-hybridized carbons (Fsp3) is 1.00. The van der Waals surface area contributed by atoms with Gasteiger partial charge in [-0.25, -0.2) is 0 Å². The van der Waals surface area contributed by atoms with Crippen molar-refractivity contribution < 1.29 is 0 Å². The first-order chi connectivity index (χ1) is 9.19. The zero-order valence-corrected chi connectivity index (χ0v) is 12.7. The Labute approximate surface area is 118 Å². The maximum atomic E-state index is 3.59. The number of rotatable bonds is 2. The van der Waals surface area contributed by atoms with Gasteiger partial charge in [-0.2, -0.15) is 0 Å². The van der Waals surface area contributed by atoms with Crippen LogP contribution in [0.15, 0.2) is 0 Å². The molecule has 0 atom stereocenters. The Morgan fingerprint density at radius 2 is 1.37 bits per heavy atom. The second kappa shape index (κ2) is 4.46. The number of nitrogens with one attached hydrogen (secondary N) is 1. The second-order valence-corrected chi connectivity index (χ2v) is 8.20. The average Bonchev–Trinajstić information content (AvgIpc) is 2.38. The van der Waals surface area contributed by atoms with Gasteiger partial charge < -0.3 is 10.2 Å². The first kappa shape index (κ1) is 12.6. The maximum absolute atomic E-state index is 3.59. The average molecular weight is 262 g/mol. The first-order valence-corrected chi connectivity index (χ1v) is 8.57. The van der Waals surface area contributed by atoms with Crippen LogP contribution in [0.5, 0.6) is 0 Å². The summed E-state index contributed by atoms with van der Waals surface area (Å²) in [6, 6.07) is 0. The summed E-state index contributed by atoms with van der Waals surface area (Å²) in [5.41, 5.74) is 0.522. The highest BCUT2D eigenvalue weighted by molar-refractivity contribution is 5.09. The van der Waals surface area contributed by atoms with Gasteiger partial charge in [0.2, 0.25) is 0 Å². The van der Waals surface area contributed by atoms with Crippen LogP contribution in [0.4, 0.5) is 0 Å². The Bertz CT molecular complexity index is 315. The standard InChI is InChI=1S/C17H30N2/c1-19(2)17(3-5-18-6-4-17)16-14-8-12-7-13(10-14)11-15(16)9-12/h12-16,18H,3-11H2,1-2H3. The van der Waals surface area contributed by atoms with Gasteiger partial charge >= 0.3 is 0 Å². The Balaban J connectivity index is 1.66. The molecule has 5 rings (SSSR count). The molecule has 2 heteroatoms. The van der Waals surface area contributed by atoms with Crippen molar-refractivity contribution in [3.05, 3.63) is 0 Å². The summed E-state index contributed by atoms with van der Waals surface area (Å²) in [7, 11) is 4.72. The summed E-state index contributed by atoms with van der Waals surface area (Å²) < 4.78 is 0.